The van der Waals surface area contributed by atoms with E-state index in [1.165, 1.54) is 12.8 Å². The van der Waals surface area contributed by atoms with Gasteiger partial charge in [-0.1, -0.05) is 36.4 Å². The number of nitrogens with zero attached hydrogens (tertiary/aromatic N) is 2. The normalized spacial score (nSPS) is 14.8. The lowest BCUT2D eigenvalue weighted by atomic mass is 10.1. The summed E-state index contributed by atoms with van der Waals surface area (Å²) >= 11 is 0. The number of aromatic nitrogens is 2. The van der Waals surface area contributed by atoms with Crippen molar-refractivity contribution in [2.75, 3.05) is 0 Å². The molecule has 0 unspecified atom stereocenters. The summed E-state index contributed by atoms with van der Waals surface area (Å²) in [6, 6.07) is 16.1. The Kier molecular flexibility index (Phi) is 2.36. The topological polar surface area (TPSA) is 26.9 Å². The van der Waals surface area contributed by atoms with Crippen LogP contribution < -0.4 is 5.56 Å². The molecule has 0 N–H and O–H groups in total. The minimum Gasteiger partial charge on any atom is -0.285 e. The predicted octanol–water partition coefficient (Wildman–Crippen LogP) is 3.21. The fourth-order valence-electron chi connectivity index (χ4n) is 2.98. The summed E-state index contributed by atoms with van der Waals surface area (Å²) in [5.41, 5.74) is 2.18. The first kappa shape index (κ1) is 11.5. The third kappa shape index (κ3) is 1.63. The maximum Gasteiger partial charge on any atom is 0.271 e. The zero-order valence-corrected chi connectivity index (χ0v) is 11.4. The summed E-state index contributed by atoms with van der Waals surface area (Å²) in [4.78, 5) is 12.4. The van der Waals surface area contributed by atoms with E-state index in [0.717, 1.165) is 22.2 Å². The third-order valence-corrected chi connectivity index (χ3v) is 4.14. The van der Waals surface area contributed by atoms with Gasteiger partial charge in [-0.25, -0.2) is 4.68 Å². The van der Waals surface area contributed by atoms with Crippen LogP contribution in [-0.4, -0.2) is 9.36 Å². The summed E-state index contributed by atoms with van der Waals surface area (Å²) in [5, 5.41) is 2.27. The smallest absolute Gasteiger partial charge is 0.271 e. The van der Waals surface area contributed by atoms with Crippen LogP contribution in [0, 0.1) is 0 Å². The van der Waals surface area contributed by atoms with Crippen molar-refractivity contribution in [1.82, 2.24) is 9.36 Å². The molecule has 0 atom stereocenters. The second kappa shape index (κ2) is 4.10. The largest absolute Gasteiger partial charge is 0.285 e. The average molecular weight is 264 g/mol. The molecule has 1 aliphatic rings. The Labute approximate surface area is 117 Å². The molecule has 1 aliphatic carbocycles. The fourth-order valence-corrected chi connectivity index (χ4v) is 2.98. The first-order valence-electron chi connectivity index (χ1n) is 7.03. The van der Waals surface area contributed by atoms with Crippen LogP contribution in [0.5, 0.6) is 0 Å². The van der Waals surface area contributed by atoms with E-state index in [9.17, 15) is 4.79 Å². The molecule has 100 valence electrons. The minimum atomic E-state index is 0.0609. The van der Waals surface area contributed by atoms with Crippen molar-refractivity contribution in [3.8, 4) is 5.69 Å². The first-order valence-corrected chi connectivity index (χ1v) is 7.03. The average Bonchev–Trinajstić information content (AvgIpc) is 3.25. The van der Waals surface area contributed by atoms with Gasteiger partial charge < -0.3 is 0 Å². The molecule has 0 spiro atoms. The van der Waals surface area contributed by atoms with Gasteiger partial charge in [0.1, 0.15) is 0 Å². The molecule has 4 rings (SSSR count). The third-order valence-electron chi connectivity index (χ3n) is 4.14. The number of benzene rings is 2. The Balaban J connectivity index is 2.02. The Morgan fingerprint density at radius 3 is 2.60 bits per heavy atom. The summed E-state index contributed by atoms with van der Waals surface area (Å²) < 4.78 is 3.80. The van der Waals surface area contributed by atoms with Gasteiger partial charge in [-0.05, 0) is 24.3 Å². The number of rotatable bonds is 2. The highest BCUT2D eigenvalue weighted by Crippen LogP contribution is 2.39. The zero-order valence-electron chi connectivity index (χ0n) is 11.4. The molecule has 1 aromatic heterocycles. The van der Waals surface area contributed by atoms with E-state index in [1.54, 1.807) is 10.7 Å². The molecule has 20 heavy (non-hydrogen) atoms. The monoisotopic (exact) mass is 264 g/mol. The molecule has 3 nitrogen and oxygen atoms in total. The van der Waals surface area contributed by atoms with Gasteiger partial charge in [0.25, 0.3) is 5.56 Å². The predicted molar refractivity (Wildman–Crippen MR) is 80.5 cm³/mol. The van der Waals surface area contributed by atoms with Crippen molar-refractivity contribution in [1.29, 1.82) is 0 Å². The summed E-state index contributed by atoms with van der Waals surface area (Å²) in [5.74, 6) is 0.573. The molecule has 0 amide bonds. The molecular weight excluding hydrogens is 248 g/mol. The molecule has 0 bridgehead atoms. The highest BCUT2D eigenvalue weighted by molar-refractivity contribution is 5.89. The van der Waals surface area contributed by atoms with Crippen LogP contribution in [0.15, 0.2) is 53.3 Å². The fraction of sp³-hybridized carbons (Fsp3) is 0.235. The lowest BCUT2D eigenvalue weighted by Gasteiger charge is -2.12. The standard InChI is InChI=1S/C17H16N2O/c1-18-16(13-9-10-13)11-17(20)19(18)15-8-4-6-12-5-2-3-7-14(12)15/h2-8,11,13H,9-10H2,1H3. The van der Waals surface area contributed by atoms with Crippen LogP contribution in [0.1, 0.15) is 24.5 Å². The van der Waals surface area contributed by atoms with Crippen molar-refractivity contribution >= 4 is 10.8 Å². The molecule has 1 saturated carbocycles. The molecule has 1 fully saturated rings. The van der Waals surface area contributed by atoms with Crippen LogP contribution >= 0.6 is 0 Å². The molecule has 0 aliphatic heterocycles. The van der Waals surface area contributed by atoms with E-state index in [4.69, 9.17) is 0 Å². The van der Waals surface area contributed by atoms with Gasteiger partial charge in [-0.3, -0.25) is 9.48 Å². The van der Waals surface area contributed by atoms with Gasteiger partial charge in [-0.15, -0.1) is 0 Å². The van der Waals surface area contributed by atoms with E-state index in [2.05, 4.69) is 18.2 Å². The Morgan fingerprint density at radius 2 is 1.80 bits per heavy atom. The molecular formula is C17H16N2O. The molecule has 3 aromatic rings. The molecule has 1 heterocycles. The van der Waals surface area contributed by atoms with Crippen molar-refractivity contribution in [3.63, 3.8) is 0 Å². The molecule has 2 aromatic carbocycles. The minimum absolute atomic E-state index is 0.0609. The quantitative estimate of drug-likeness (QED) is 0.698. The lowest BCUT2D eigenvalue weighted by molar-refractivity contribution is 0.618. The van der Waals surface area contributed by atoms with Gasteiger partial charge in [0, 0.05) is 30.1 Å². The second-order valence-electron chi connectivity index (χ2n) is 5.52. The number of fused-ring (bicyclic) bond motifs is 1. The van der Waals surface area contributed by atoms with E-state index in [1.807, 2.05) is 36.0 Å². The maximum atomic E-state index is 12.4. The van der Waals surface area contributed by atoms with Crippen molar-refractivity contribution in [2.45, 2.75) is 18.8 Å². The van der Waals surface area contributed by atoms with Gasteiger partial charge in [0.05, 0.1) is 5.69 Å². The Bertz CT molecular complexity index is 848. The van der Waals surface area contributed by atoms with Gasteiger partial charge in [-0.2, -0.15) is 0 Å². The van der Waals surface area contributed by atoms with Crippen molar-refractivity contribution < 1.29 is 0 Å². The van der Waals surface area contributed by atoms with Crippen LogP contribution in [0.3, 0.4) is 0 Å². The molecule has 3 heteroatoms. The zero-order chi connectivity index (χ0) is 13.7. The second-order valence-corrected chi connectivity index (χ2v) is 5.52. The highest BCUT2D eigenvalue weighted by Gasteiger charge is 2.28. The number of hydrogen-bond acceptors (Lipinski definition) is 1. The molecule has 0 saturated heterocycles. The lowest BCUT2D eigenvalue weighted by Crippen LogP contribution is -2.19. The molecule has 0 radical (unpaired) electrons. The van der Waals surface area contributed by atoms with Crippen molar-refractivity contribution in [3.05, 3.63) is 64.6 Å². The summed E-state index contributed by atoms with van der Waals surface area (Å²) in [7, 11) is 1.98. The van der Waals surface area contributed by atoms with E-state index in [0.29, 0.717) is 5.92 Å². The summed E-state index contributed by atoms with van der Waals surface area (Å²) in [6.45, 7) is 0. The summed E-state index contributed by atoms with van der Waals surface area (Å²) in [6.07, 6.45) is 2.40. The van der Waals surface area contributed by atoms with Crippen LogP contribution in [0.25, 0.3) is 16.5 Å². The van der Waals surface area contributed by atoms with Crippen LogP contribution in [-0.2, 0) is 7.05 Å². The van der Waals surface area contributed by atoms with Crippen LogP contribution in [0.2, 0.25) is 0 Å². The van der Waals surface area contributed by atoms with Gasteiger partial charge in [0.2, 0.25) is 0 Å². The van der Waals surface area contributed by atoms with Crippen LogP contribution in [0.4, 0.5) is 0 Å². The first-order chi connectivity index (χ1) is 9.75. The Hall–Kier alpha value is -2.29. The van der Waals surface area contributed by atoms with E-state index < -0.39 is 0 Å². The highest BCUT2D eigenvalue weighted by atomic mass is 16.1. The van der Waals surface area contributed by atoms with Gasteiger partial charge in [0.15, 0.2) is 0 Å². The SMILES string of the molecule is Cn1c(C2CC2)cc(=O)n1-c1cccc2ccccc12. The number of hydrogen-bond donors (Lipinski definition) is 0. The van der Waals surface area contributed by atoms with E-state index >= 15 is 0 Å². The van der Waals surface area contributed by atoms with Crippen molar-refractivity contribution in [2.24, 2.45) is 7.05 Å². The van der Waals surface area contributed by atoms with Gasteiger partial charge >= 0.3 is 0 Å². The maximum absolute atomic E-state index is 12.4. The Morgan fingerprint density at radius 1 is 1.05 bits per heavy atom. The van der Waals surface area contributed by atoms with E-state index in [-0.39, 0.29) is 5.56 Å².